The molecule has 1 heterocycles. The van der Waals surface area contributed by atoms with Crippen molar-refractivity contribution in [2.45, 2.75) is 39.9 Å². The number of carbonyl (C=O) groups excluding carboxylic acids is 2. The number of amides is 2. The van der Waals surface area contributed by atoms with Crippen LogP contribution in [0.15, 0.2) is 48.8 Å². The van der Waals surface area contributed by atoms with Gasteiger partial charge >= 0.3 is 0 Å². The van der Waals surface area contributed by atoms with E-state index in [1.165, 1.54) is 0 Å². The molecule has 2 amide bonds. The van der Waals surface area contributed by atoms with Crippen LogP contribution in [0, 0.1) is 5.92 Å². The first kappa shape index (κ1) is 20.4. The van der Waals surface area contributed by atoms with E-state index in [2.05, 4.69) is 10.3 Å². The quantitative estimate of drug-likeness (QED) is 0.777. The third-order valence-corrected chi connectivity index (χ3v) is 4.33. The molecule has 0 saturated carbocycles. The van der Waals surface area contributed by atoms with E-state index in [-0.39, 0.29) is 17.7 Å². The van der Waals surface area contributed by atoms with Crippen LogP contribution in [0.25, 0.3) is 0 Å². The molecular formula is C21H27N3O3. The first-order chi connectivity index (χ1) is 12.9. The van der Waals surface area contributed by atoms with Crippen LogP contribution in [0.3, 0.4) is 0 Å². The molecule has 0 aliphatic rings. The van der Waals surface area contributed by atoms with Gasteiger partial charge in [0.2, 0.25) is 11.8 Å². The molecule has 0 unspecified atom stereocenters. The second-order valence-corrected chi connectivity index (χ2v) is 6.72. The molecule has 144 valence electrons. The lowest BCUT2D eigenvalue weighted by atomic mass is 10.1. The fraction of sp³-hybridized carbons (Fsp3) is 0.381. The van der Waals surface area contributed by atoms with Gasteiger partial charge in [0.1, 0.15) is 11.8 Å². The van der Waals surface area contributed by atoms with Gasteiger partial charge in [0.25, 0.3) is 0 Å². The highest BCUT2D eigenvalue weighted by atomic mass is 16.5. The molecule has 0 bridgehead atoms. The number of ether oxygens (including phenoxy) is 1. The van der Waals surface area contributed by atoms with Crippen LogP contribution < -0.4 is 10.1 Å². The Morgan fingerprint density at radius 2 is 1.81 bits per heavy atom. The molecular weight excluding hydrogens is 342 g/mol. The van der Waals surface area contributed by atoms with Gasteiger partial charge in [0.05, 0.1) is 7.11 Å². The molecule has 6 heteroatoms. The molecule has 0 fully saturated rings. The summed E-state index contributed by atoms with van der Waals surface area (Å²) >= 11 is 0. The van der Waals surface area contributed by atoms with Crippen LogP contribution in [0.2, 0.25) is 0 Å². The third-order valence-electron chi connectivity index (χ3n) is 4.33. The summed E-state index contributed by atoms with van der Waals surface area (Å²) in [6, 6.07) is 10.6. The van der Waals surface area contributed by atoms with Crippen LogP contribution in [-0.4, -0.2) is 34.8 Å². The van der Waals surface area contributed by atoms with E-state index in [9.17, 15) is 9.59 Å². The number of aromatic nitrogens is 1. The molecule has 1 aromatic carbocycles. The second kappa shape index (κ2) is 9.71. The smallest absolute Gasteiger partial charge is 0.242 e. The van der Waals surface area contributed by atoms with E-state index in [0.29, 0.717) is 13.1 Å². The molecule has 0 saturated heterocycles. The topological polar surface area (TPSA) is 71.5 Å². The predicted molar refractivity (Wildman–Crippen MR) is 104 cm³/mol. The van der Waals surface area contributed by atoms with Gasteiger partial charge in [-0.3, -0.25) is 14.6 Å². The highest BCUT2D eigenvalue weighted by Crippen LogP contribution is 2.16. The molecule has 6 nitrogen and oxygen atoms in total. The standard InChI is InChI=1S/C21H27N3O3/c1-15(2)21(26)24(14-17-7-9-19(27-4)10-8-17)16(3)20(25)23-13-18-6-5-11-22-12-18/h5-12,15-16H,13-14H2,1-4H3,(H,23,25)/t16-/m1/s1. The van der Waals surface area contributed by atoms with Gasteiger partial charge in [0, 0.05) is 31.4 Å². The van der Waals surface area contributed by atoms with Crippen molar-refractivity contribution in [1.29, 1.82) is 0 Å². The zero-order chi connectivity index (χ0) is 19.8. The normalized spacial score (nSPS) is 11.7. The van der Waals surface area contributed by atoms with Crippen molar-refractivity contribution in [2.24, 2.45) is 5.92 Å². The highest BCUT2D eigenvalue weighted by molar-refractivity contribution is 5.88. The number of hydrogen-bond donors (Lipinski definition) is 1. The average Bonchev–Trinajstić information content (AvgIpc) is 2.70. The maximum absolute atomic E-state index is 12.7. The maximum Gasteiger partial charge on any atom is 0.242 e. The Hall–Kier alpha value is -2.89. The minimum atomic E-state index is -0.585. The van der Waals surface area contributed by atoms with Gasteiger partial charge in [-0.15, -0.1) is 0 Å². The lowest BCUT2D eigenvalue weighted by Gasteiger charge is -2.30. The van der Waals surface area contributed by atoms with Crippen LogP contribution in [-0.2, 0) is 22.7 Å². The summed E-state index contributed by atoms with van der Waals surface area (Å²) in [5, 5.41) is 2.88. The Bertz CT molecular complexity index is 745. The van der Waals surface area contributed by atoms with Gasteiger partial charge in [-0.2, -0.15) is 0 Å². The Morgan fingerprint density at radius 3 is 2.37 bits per heavy atom. The molecule has 2 rings (SSSR count). The monoisotopic (exact) mass is 369 g/mol. The van der Waals surface area contributed by atoms with Crippen molar-refractivity contribution < 1.29 is 14.3 Å². The molecule has 1 N–H and O–H groups in total. The molecule has 1 atom stereocenters. The van der Waals surface area contributed by atoms with Crippen molar-refractivity contribution >= 4 is 11.8 Å². The fourth-order valence-corrected chi connectivity index (χ4v) is 2.65. The molecule has 27 heavy (non-hydrogen) atoms. The summed E-state index contributed by atoms with van der Waals surface area (Å²) in [4.78, 5) is 31.0. The molecule has 0 radical (unpaired) electrons. The third kappa shape index (κ3) is 5.81. The number of rotatable bonds is 8. The summed E-state index contributed by atoms with van der Waals surface area (Å²) in [5.41, 5.74) is 1.85. The van der Waals surface area contributed by atoms with E-state index in [0.717, 1.165) is 16.9 Å². The van der Waals surface area contributed by atoms with E-state index in [1.807, 2.05) is 50.2 Å². The zero-order valence-corrected chi connectivity index (χ0v) is 16.3. The minimum Gasteiger partial charge on any atom is -0.497 e. The zero-order valence-electron chi connectivity index (χ0n) is 16.3. The van der Waals surface area contributed by atoms with E-state index in [4.69, 9.17) is 4.74 Å². The predicted octanol–water partition coefficient (Wildman–Crippen LogP) is 2.78. The van der Waals surface area contributed by atoms with E-state index < -0.39 is 6.04 Å². The number of hydrogen-bond acceptors (Lipinski definition) is 4. The average molecular weight is 369 g/mol. The SMILES string of the molecule is COc1ccc(CN(C(=O)C(C)C)[C@H](C)C(=O)NCc2cccnc2)cc1. The van der Waals surface area contributed by atoms with Crippen LogP contribution >= 0.6 is 0 Å². The van der Waals surface area contributed by atoms with Crippen molar-refractivity contribution in [3.8, 4) is 5.75 Å². The summed E-state index contributed by atoms with van der Waals surface area (Å²) in [7, 11) is 1.61. The number of nitrogens with zero attached hydrogens (tertiary/aromatic N) is 2. The lowest BCUT2D eigenvalue weighted by Crippen LogP contribution is -2.48. The van der Waals surface area contributed by atoms with Crippen molar-refractivity contribution in [3.63, 3.8) is 0 Å². The molecule has 2 aromatic rings. The highest BCUT2D eigenvalue weighted by Gasteiger charge is 2.27. The second-order valence-electron chi connectivity index (χ2n) is 6.72. The summed E-state index contributed by atoms with van der Waals surface area (Å²) in [6.07, 6.45) is 3.39. The fourth-order valence-electron chi connectivity index (χ4n) is 2.65. The Morgan fingerprint density at radius 1 is 1.11 bits per heavy atom. The maximum atomic E-state index is 12.7. The molecule has 0 aliphatic carbocycles. The number of carbonyl (C=O) groups is 2. The minimum absolute atomic E-state index is 0.0603. The molecule has 1 aromatic heterocycles. The van der Waals surface area contributed by atoms with Crippen LogP contribution in [0.4, 0.5) is 0 Å². The van der Waals surface area contributed by atoms with Gasteiger partial charge < -0.3 is 15.0 Å². The van der Waals surface area contributed by atoms with E-state index >= 15 is 0 Å². The molecule has 0 spiro atoms. The first-order valence-electron chi connectivity index (χ1n) is 9.02. The Kier molecular flexibility index (Phi) is 7.34. The van der Waals surface area contributed by atoms with Gasteiger partial charge in [-0.25, -0.2) is 0 Å². The van der Waals surface area contributed by atoms with Gasteiger partial charge in [-0.05, 0) is 36.2 Å². The van der Waals surface area contributed by atoms with Gasteiger partial charge in [0.15, 0.2) is 0 Å². The Balaban J connectivity index is 2.09. The van der Waals surface area contributed by atoms with E-state index in [1.54, 1.807) is 31.3 Å². The summed E-state index contributed by atoms with van der Waals surface area (Å²) < 4.78 is 5.17. The first-order valence-corrected chi connectivity index (χ1v) is 9.02. The molecule has 0 aliphatic heterocycles. The summed E-state index contributed by atoms with van der Waals surface area (Å²) in [6.45, 7) is 6.17. The van der Waals surface area contributed by atoms with Gasteiger partial charge in [-0.1, -0.05) is 32.0 Å². The summed E-state index contributed by atoms with van der Waals surface area (Å²) in [5.74, 6) is 0.302. The van der Waals surface area contributed by atoms with Crippen LogP contribution in [0.1, 0.15) is 31.9 Å². The lowest BCUT2D eigenvalue weighted by molar-refractivity contribution is -0.143. The Labute approximate surface area is 160 Å². The van der Waals surface area contributed by atoms with Crippen molar-refractivity contribution in [2.75, 3.05) is 7.11 Å². The van der Waals surface area contributed by atoms with Crippen LogP contribution in [0.5, 0.6) is 5.75 Å². The number of pyridine rings is 1. The van der Waals surface area contributed by atoms with Crippen molar-refractivity contribution in [3.05, 3.63) is 59.9 Å². The number of nitrogens with one attached hydrogen (secondary N) is 1. The number of methoxy groups -OCH3 is 1. The number of benzene rings is 1. The largest absolute Gasteiger partial charge is 0.497 e. The van der Waals surface area contributed by atoms with Crippen molar-refractivity contribution in [1.82, 2.24) is 15.2 Å².